The number of hydrogen-bond acceptors (Lipinski definition) is 2. The van der Waals surface area contributed by atoms with Gasteiger partial charge in [0.1, 0.15) is 0 Å². The van der Waals surface area contributed by atoms with E-state index in [9.17, 15) is 4.79 Å². The molecule has 3 heteroatoms. The third-order valence-electron chi connectivity index (χ3n) is 0.396. The van der Waals surface area contributed by atoms with Crippen molar-refractivity contribution in [1.82, 2.24) is 0 Å². The first-order chi connectivity index (χ1) is 3.13. The first-order valence-corrected chi connectivity index (χ1v) is 2.20. The zero-order valence-electron chi connectivity index (χ0n) is 3.72. The van der Waals surface area contributed by atoms with Gasteiger partial charge in [-0.25, -0.2) is 0 Å². The molecule has 0 amide bonds. The summed E-state index contributed by atoms with van der Waals surface area (Å²) in [4.78, 5) is 9.82. The Morgan fingerprint density at radius 3 is 2.43 bits per heavy atom. The summed E-state index contributed by atoms with van der Waals surface area (Å²) >= 11 is 4.83. The van der Waals surface area contributed by atoms with Crippen LogP contribution in [0.3, 0.4) is 0 Å². The van der Waals surface area contributed by atoms with Crippen LogP contribution in [0.15, 0.2) is 0 Å². The highest BCUT2D eigenvalue weighted by Gasteiger charge is 1.99. The van der Waals surface area contributed by atoms with Gasteiger partial charge in [-0.3, -0.25) is 4.79 Å². The largest absolute Gasteiger partial charge is 0.393 e. The summed E-state index contributed by atoms with van der Waals surface area (Å²) in [5.74, 6) is 0. The van der Waals surface area contributed by atoms with Gasteiger partial charge in [0.2, 0.25) is 5.24 Å². The Kier molecular flexibility index (Phi) is 2.96. The van der Waals surface area contributed by atoms with Gasteiger partial charge < -0.3 is 5.11 Å². The van der Waals surface area contributed by atoms with Crippen molar-refractivity contribution in [3.63, 3.8) is 0 Å². The minimum absolute atomic E-state index is 0.0679. The molecule has 0 heterocycles. The van der Waals surface area contributed by atoms with Crippen LogP contribution in [0.25, 0.3) is 0 Å². The zero-order chi connectivity index (χ0) is 5.86. The van der Waals surface area contributed by atoms with Crippen LogP contribution in [0.1, 0.15) is 6.42 Å². The van der Waals surface area contributed by atoms with Crippen LogP contribution >= 0.6 is 11.6 Å². The van der Waals surface area contributed by atoms with E-state index >= 15 is 0 Å². The number of hydrogen-bond donors (Lipinski definition) is 1. The average Bonchev–Trinajstić information content (AvgIpc) is 1.27. The van der Waals surface area contributed by atoms with Crippen LogP contribution in [-0.4, -0.2) is 16.5 Å². The predicted octanol–water partition coefficient (Wildman–Crippen LogP) is 0.337. The van der Waals surface area contributed by atoms with E-state index in [1.54, 1.807) is 0 Å². The maximum absolute atomic E-state index is 9.82. The first kappa shape index (κ1) is 6.92. The zero-order valence-corrected chi connectivity index (χ0v) is 4.48. The quantitative estimate of drug-likeness (QED) is 0.535. The lowest BCUT2D eigenvalue weighted by atomic mass is 10.3. The summed E-state index contributed by atoms with van der Waals surface area (Å²) in [5.41, 5.74) is 0. The minimum Gasteiger partial charge on any atom is -0.393 e. The molecular weight excluding hydrogens is 115 g/mol. The molecule has 0 aliphatic heterocycles. The molecular formula is C4H6ClO2. The van der Waals surface area contributed by atoms with E-state index in [-0.39, 0.29) is 6.42 Å². The van der Waals surface area contributed by atoms with Gasteiger partial charge in [-0.1, -0.05) is 0 Å². The lowest BCUT2D eigenvalue weighted by molar-refractivity contribution is -0.112. The standard InChI is InChI=1S/C4H6ClO2/c1-3(6)2-4(5)7/h3,6H,1-2H2. The Balaban J connectivity index is 3.13. The normalized spacial score (nSPS) is 13.6. The van der Waals surface area contributed by atoms with E-state index < -0.39 is 11.3 Å². The second kappa shape index (κ2) is 2.99. The number of halogens is 1. The van der Waals surface area contributed by atoms with Crippen molar-refractivity contribution < 1.29 is 9.90 Å². The summed E-state index contributed by atoms with van der Waals surface area (Å²) in [5, 5.41) is 7.75. The fraction of sp³-hybridized carbons (Fsp3) is 0.500. The maximum Gasteiger partial charge on any atom is 0.224 e. The van der Waals surface area contributed by atoms with Gasteiger partial charge >= 0.3 is 0 Å². The number of rotatable bonds is 2. The third kappa shape index (κ3) is 5.92. The molecule has 0 aromatic carbocycles. The molecule has 1 N–H and O–H groups in total. The fourth-order valence-corrected chi connectivity index (χ4v) is 0.363. The highest BCUT2D eigenvalue weighted by Crippen LogP contribution is 1.92. The molecule has 0 aliphatic carbocycles. The van der Waals surface area contributed by atoms with Gasteiger partial charge in [-0.2, -0.15) is 0 Å². The van der Waals surface area contributed by atoms with E-state index in [1.807, 2.05) is 0 Å². The second-order valence-corrected chi connectivity index (χ2v) is 1.63. The van der Waals surface area contributed by atoms with E-state index in [4.69, 9.17) is 16.7 Å². The molecule has 0 fully saturated rings. The molecule has 0 aromatic rings. The Morgan fingerprint density at radius 1 is 2.00 bits per heavy atom. The average molecular weight is 122 g/mol. The van der Waals surface area contributed by atoms with Crippen molar-refractivity contribution in [2.24, 2.45) is 0 Å². The molecule has 0 bridgehead atoms. The second-order valence-electron chi connectivity index (χ2n) is 1.21. The Bertz CT molecular complexity index is 70.1. The lowest BCUT2D eigenvalue weighted by Gasteiger charge is -1.93. The smallest absolute Gasteiger partial charge is 0.224 e. The highest BCUT2D eigenvalue weighted by atomic mass is 35.5. The van der Waals surface area contributed by atoms with Crippen LogP contribution in [0, 0.1) is 6.92 Å². The van der Waals surface area contributed by atoms with Gasteiger partial charge in [0.05, 0.1) is 6.10 Å². The van der Waals surface area contributed by atoms with Crippen molar-refractivity contribution in [3.8, 4) is 0 Å². The molecule has 41 valence electrons. The summed E-state index contributed by atoms with van der Waals surface area (Å²) in [6, 6.07) is 0. The van der Waals surface area contributed by atoms with Gasteiger partial charge in [0, 0.05) is 6.42 Å². The SMILES string of the molecule is [CH2]C(O)CC(=O)Cl. The molecule has 0 aromatic heterocycles. The van der Waals surface area contributed by atoms with E-state index in [0.29, 0.717) is 0 Å². The number of carbonyl (C=O) groups excluding carboxylic acids is 1. The highest BCUT2D eigenvalue weighted by molar-refractivity contribution is 6.63. The van der Waals surface area contributed by atoms with Crippen molar-refractivity contribution >= 4 is 16.8 Å². The molecule has 1 radical (unpaired) electrons. The monoisotopic (exact) mass is 121 g/mol. The molecule has 0 saturated carbocycles. The van der Waals surface area contributed by atoms with E-state index in [0.717, 1.165) is 0 Å². The van der Waals surface area contributed by atoms with Crippen molar-refractivity contribution in [3.05, 3.63) is 6.92 Å². The fourth-order valence-electron chi connectivity index (χ4n) is 0.185. The van der Waals surface area contributed by atoms with Crippen LogP contribution in [0.5, 0.6) is 0 Å². The summed E-state index contributed by atoms with van der Waals surface area (Å²) in [6.45, 7) is 3.13. The topological polar surface area (TPSA) is 37.3 Å². The van der Waals surface area contributed by atoms with Crippen LogP contribution in [0.2, 0.25) is 0 Å². The number of aliphatic hydroxyl groups excluding tert-OH is 1. The van der Waals surface area contributed by atoms with Gasteiger partial charge in [0.25, 0.3) is 0 Å². The van der Waals surface area contributed by atoms with Crippen LogP contribution < -0.4 is 0 Å². The first-order valence-electron chi connectivity index (χ1n) is 1.82. The van der Waals surface area contributed by atoms with Crippen molar-refractivity contribution in [2.75, 3.05) is 0 Å². The Hall–Kier alpha value is -0.0800. The number of aliphatic hydroxyl groups is 1. The Labute approximate surface area is 47.1 Å². The molecule has 1 unspecified atom stereocenters. The molecule has 2 nitrogen and oxygen atoms in total. The van der Waals surface area contributed by atoms with Crippen molar-refractivity contribution in [2.45, 2.75) is 12.5 Å². The minimum atomic E-state index is -0.856. The van der Waals surface area contributed by atoms with Gasteiger partial charge in [-0.05, 0) is 18.5 Å². The molecule has 0 saturated heterocycles. The predicted molar refractivity (Wildman–Crippen MR) is 26.8 cm³/mol. The van der Waals surface area contributed by atoms with Crippen LogP contribution in [0.4, 0.5) is 0 Å². The van der Waals surface area contributed by atoms with Gasteiger partial charge in [0.15, 0.2) is 0 Å². The third-order valence-corrected chi connectivity index (χ3v) is 0.550. The van der Waals surface area contributed by atoms with Crippen LogP contribution in [-0.2, 0) is 4.79 Å². The molecule has 0 spiro atoms. The Morgan fingerprint density at radius 2 is 2.43 bits per heavy atom. The molecule has 1 atom stereocenters. The summed E-state index contributed by atoms with van der Waals surface area (Å²) in [7, 11) is 0. The number of carbonyl (C=O) groups is 1. The summed E-state index contributed by atoms with van der Waals surface area (Å²) in [6.07, 6.45) is -0.924. The molecule has 7 heavy (non-hydrogen) atoms. The van der Waals surface area contributed by atoms with E-state index in [1.165, 1.54) is 0 Å². The maximum atomic E-state index is 9.82. The van der Waals surface area contributed by atoms with Gasteiger partial charge in [-0.15, -0.1) is 0 Å². The molecule has 0 aliphatic rings. The lowest BCUT2D eigenvalue weighted by Crippen LogP contribution is -2.03. The summed E-state index contributed by atoms with van der Waals surface area (Å²) < 4.78 is 0. The van der Waals surface area contributed by atoms with E-state index in [2.05, 4.69) is 6.92 Å². The molecule has 0 rings (SSSR count). The van der Waals surface area contributed by atoms with Crippen molar-refractivity contribution in [1.29, 1.82) is 0 Å².